The lowest BCUT2D eigenvalue weighted by atomic mass is 9.97. The summed E-state index contributed by atoms with van der Waals surface area (Å²) in [4.78, 5) is 13.5. The maximum atomic E-state index is 12.0. The van der Waals surface area contributed by atoms with E-state index in [4.69, 9.17) is 14.7 Å². The van der Waals surface area contributed by atoms with Gasteiger partial charge in [0.25, 0.3) is 0 Å². The van der Waals surface area contributed by atoms with Crippen LogP contribution in [-0.2, 0) is 14.9 Å². The Morgan fingerprint density at radius 1 is 1.52 bits per heavy atom. The Hall–Kier alpha value is -2.75. The Morgan fingerprint density at radius 2 is 2.22 bits per heavy atom. The van der Waals surface area contributed by atoms with E-state index in [2.05, 4.69) is 11.2 Å². The normalized spacial score (nSPS) is 22.4. The Bertz CT molecular complexity index is 674. The van der Waals surface area contributed by atoms with Crippen molar-refractivity contribution < 1.29 is 19.5 Å². The number of oxime groups is 1. The van der Waals surface area contributed by atoms with Crippen molar-refractivity contribution in [2.45, 2.75) is 31.3 Å². The number of rotatable bonds is 4. The predicted molar refractivity (Wildman–Crippen MR) is 81.4 cm³/mol. The first-order valence-corrected chi connectivity index (χ1v) is 7.39. The zero-order valence-corrected chi connectivity index (χ0v) is 12.7. The van der Waals surface area contributed by atoms with Crippen LogP contribution in [0.2, 0.25) is 0 Å². The second-order valence-corrected chi connectivity index (χ2v) is 5.79. The van der Waals surface area contributed by atoms with Gasteiger partial charge in [0.1, 0.15) is 6.61 Å². The molecule has 0 radical (unpaired) electrons. The SMILES string of the molecule is CC(=NO)OCC1CN(c2ccc(C3(C#N)CC3)cc2)C(=O)O1. The first kappa shape index (κ1) is 15.2. The highest BCUT2D eigenvalue weighted by atomic mass is 16.6. The minimum atomic E-state index is -0.439. The maximum Gasteiger partial charge on any atom is 0.414 e. The van der Waals surface area contributed by atoms with Gasteiger partial charge in [-0.1, -0.05) is 17.3 Å². The molecule has 1 saturated carbocycles. The molecule has 1 saturated heterocycles. The molecule has 0 spiro atoms. The molecule has 7 heteroatoms. The molecule has 1 aromatic carbocycles. The van der Waals surface area contributed by atoms with E-state index in [1.165, 1.54) is 11.8 Å². The third-order valence-corrected chi connectivity index (χ3v) is 4.19. The van der Waals surface area contributed by atoms with Crippen LogP contribution in [0.5, 0.6) is 0 Å². The fraction of sp³-hybridized carbons (Fsp3) is 0.438. The summed E-state index contributed by atoms with van der Waals surface area (Å²) in [7, 11) is 0. The van der Waals surface area contributed by atoms with Gasteiger partial charge in [-0.3, -0.25) is 4.90 Å². The van der Waals surface area contributed by atoms with Gasteiger partial charge >= 0.3 is 6.09 Å². The van der Waals surface area contributed by atoms with Gasteiger partial charge in [0.2, 0.25) is 5.90 Å². The number of amides is 1. The van der Waals surface area contributed by atoms with Crippen LogP contribution in [0.25, 0.3) is 0 Å². The van der Waals surface area contributed by atoms with Crippen molar-refractivity contribution in [3.05, 3.63) is 29.8 Å². The monoisotopic (exact) mass is 315 g/mol. The maximum absolute atomic E-state index is 12.0. The molecule has 120 valence electrons. The van der Waals surface area contributed by atoms with E-state index in [0.717, 1.165) is 24.1 Å². The molecule has 1 unspecified atom stereocenters. The molecule has 1 amide bonds. The van der Waals surface area contributed by atoms with Crippen LogP contribution in [0.4, 0.5) is 10.5 Å². The molecule has 1 aliphatic carbocycles. The highest BCUT2D eigenvalue weighted by molar-refractivity contribution is 5.89. The van der Waals surface area contributed by atoms with E-state index in [-0.39, 0.29) is 17.9 Å². The topological polar surface area (TPSA) is 95.2 Å². The van der Waals surface area contributed by atoms with Gasteiger partial charge in [-0.25, -0.2) is 4.79 Å². The fourth-order valence-electron chi connectivity index (χ4n) is 2.61. The number of carbonyl (C=O) groups is 1. The van der Waals surface area contributed by atoms with Crippen molar-refractivity contribution in [1.29, 1.82) is 5.26 Å². The number of carbonyl (C=O) groups excluding carboxylic acids is 1. The Kier molecular flexibility index (Phi) is 3.82. The molecule has 1 aliphatic heterocycles. The number of anilines is 1. The van der Waals surface area contributed by atoms with E-state index in [1.54, 1.807) is 0 Å². The van der Waals surface area contributed by atoms with E-state index in [9.17, 15) is 10.1 Å². The largest absolute Gasteiger partial charge is 0.475 e. The highest BCUT2D eigenvalue weighted by Crippen LogP contribution is 2.47. The van der Waals surface area contributed by atoms with Crippen LogP contribution in [-0.4, -0.2) is 36.5 Å². The summed E-state index contributed by atoms with van der Waals surface area (Å²) >= 11 is 0. The van der Waals surface area contributed by atoms with Crippen molar-refractivity contribution in [3.8, 4) is 6.07 Å². The van der Waals surface area contributed by atoms with Gasteiger partial charge in [-0.05, 0) is 30.5 Å². The Labute approximate surface area is 133 Å². The fourth-order valence-corrected chi connectivity index (χ4v) is 2.61. The molecule has 1 aromatic rings. The number of nitrogens with zero attached hydrogens (tertiary/aromatic N) is 3. The Morgan fingerprint density at radius 3 is 2.78 bits per heavy atom. The number of benzene rings is 1. The van der Waals surface area contributed by atoms with E-state index in [1.807, 2.05) is 24.3 Å². The number of hydrogen-bond donors (Lipinski definition) is 1. The van der Waals surface area contributed by atoms with Crippen molar-refractivity contribution in [2.24, 2.45) is 5.16 Å². The average Bonchev–Trinajstić information content (AvgIpc) is 3.30. The Balaban J connectivity index is 1.65. The summed E-state index contributed by atoms with van der Waals surface area (Å²) in [5.74, 6) is 0.120. The number of cyclic esters (lactones) is 1. The molecule has 1 N–H and O–H groups in total. The van der Waals surface area contributed by atoms with Crippen LogP contribution >= 0.6 is 0 Å². The van der Waals surface area contributed by atoms with Crippen molar-refractivity contribution in [1.82, 2.24) is 0 Å². The molecule has 2 fully saturated rings. The summed E-state index contributed by atoms with van der Waals surface area (Å²) < 4.78 is 10.4. The second kappa shape index (κ2) is 5.80. The number of ether oxygens (including phenoxy) is 2. The number of nitriles is 1. The van der Waals surface area contributed by atoms with Crippen LogP contribution in [0.15, 0.2) is 29.4 Å². The molecule has 0 bridgehead atoms. The molecular weight excluding hydrogens is 298 g/mol. The van der Waals surface area contributed by atoms with Gasteiger partial charge in [0.05, 0.1) is 18.0 Å². The third kappa shape index (κ3) is 2.93. The minimum absolute atomic E-state index is 0.120. The second-order valence-electron chi connectivity index (χ2n) is 5.79. The van der Waals surface area contributed by atoms with Gasteiger partial charge in [0, 0.05) is 12.6 Å². The summed E-state index contributed by atoms with van der Waals surface area (Å²) in [6, 6.07) is 9.80. The van der Waals surface area contributed by atoms with Crippen molar-refractivity contribution >= 4 is 17.7 Å². The molecule has 0 aromatic heterocycles. The predicted octanol–water partition coefficient (Wildman–Crippen LogP) is 2.39. The van der Waals surface area contributed by atoms with Crippen LogP contribution in [0, 0.1) is 11.3 Å². The van der Waals surface area contributed by atoms with Gasteiger partial charge in [-0.15, -0.1) is 0 Å². The minimum Gasteiger partial charge on any atom is -0.475 e. The highest BCUT2D eigenvalue weighted by Gasteiger charge is 2.45. The van der Waals surface area contributed by atoms with Crippen LogP contribution in [0.1, 0.15) is 25.3 Å². The van der Waals surface area contributed by atoms with Crippen molar-refractivity contribution in [2.75, 3.05) is 18.1 Å². The first-order valence-electron chi connectivity index (χ1n) is 7.39. The standard InChI is InChI=1S/C16H17N3O4/c1-11(18-21)22-9-14-8-19(15(20)23-14)13-4-2-12(3-5-13)16(10-17)6-7-16/h2-5,14,21H,6-9H2,1H3. The zero-order valence-electron chi connectivity index (χ0n) is 12.7. The third-order valence-electron chi connectivity index (χ3n) is 4.19. The quantitative estimate of drug-likeness (QED) is 0.398. The summed E-state index contributed by atoms with van der Waals surface area (Å²) in [6.07, 6.45) is 0.915. The average molecular weight is 315 g/mol. The van der Waals surface area contributed by atoms with Gasteiger partial charge < -0.3 is 14.7 Å². The molecule has 1 atom stereocenters. The van der Waals surface area contributed by atoms with E-state index >= 15 is 0 Å². The first-order chi connectivity index (χ1) is 11.1. The summed E-state index contributed by atoms with van der Waals surface area (Å²) in [5.41, 5.74) is 1.38. The molecule has 23 heavy (non-hydrogen) atoms. The van der Waals surface area contributed by atoms with Gasteiger partial charge in [-0.2, -0.15) is 5.26 Å². The van der Waals surface area contributed by atoms with Crippen LogP contribution < -0.4 is 4.90 Å². The molecule has 7 nitrogen and oxygen atoms in total. The molecular formula is C16H17N3O4. The summed E-state index contributed by atoms with van der Waals surface area (Å²) in [5, 5.41) is 20.7. The van der Waals surface area contributed by atoms with Gasteiger partial charge in [0.15, 0.2) is 6.10 Å². The van der Waals surface area contributed by atoms with Crippen molar-refractivity contribution in [3.63, 3.8) is 0 Å². The van der Waals surface area contributed by atoms with E-state index in [0.29, 0.717) is 6.54 Å². The number of hydrogen-bond acceptors (Lipinski definition) is 6. The lowest BCUT2D eigenvalue weighted by Crippen LogP contribution is -2.26. The molecule has 3 rings (SSSR count). The zero-order chi connectivity index (χ0) is 16.4. The lowest BCUT2D eigenvalue weighted by Gasteiger charge is -2.14. The smallest absolute Gasteiger partial charge is 0.414 e. The van der Waals surface area contributed by atoms with E-state index < -0.39 is 12.2 Å². The lowest BCUT2D eigenvalue weighted by molar-refractivity contribution is 0.0980. The molecule has 1 heterocycles. The van der Waals surface area contributed by atoms with Crippen LogP contribution in [0.3, 0.4) is 0 Å². The molecule has 2 aliphatic rings. The summed E-state index contributed by atoms with van der Waals surface area (Å²) in [6.45, 7) is 2.00.